The number of carbonyl (C=O) groups is 1. The zero-order chi connectivity index (χ0) is 18.7. The fraction of sp³-hybridized carbons (Fsp3) is 0.500. The van der Waals surface area contributed by atoms with Crippen LogP contribution in [0.15, 0.2) is 29.3 Å². The van der Waals surface area contributed by atoms with Crippen LogP contribution >= 0.6 is 0 Å². The Kier molecular flexibility index (Phi) is 5.29. The normalized spacial score (nSPS) is 16.9. The van der Waals surface area contributed by atoms with Crippen molar-refractivity contribution in [2.24, 2.45) is 13.0 Å². The minimum Gasteiger partial charge on any atom is -0.370 e. The summed E-state index contributed by atoms with van der Waals surface area (Å²) < 4.78 is 1.31. The van der Waals surface area contributed by atoms with Crippen LogP contribution in [0, 0.1) is 5.92 Å². The van der Waals surface area contributed by atoms with Gasteiger partial charge in [-0.25, -0.2) is 14.6 Å². The van der Waals surface area contributed by atoms with Crippen LogP contribution in [-0.2, 0) is 7.05 Å². The van der Waals surface area contributed by atoms with Gasteiger partial charge < -0.3 is 10.2 Å². The highest BCUT2D eigenvalue weighted by molar-refractivity contribution is 5.92. The van der Waals surface area contributed by atoms with Crippen molar-refractivity contribution in [3.8, 4) is 0 Å². The average Bonchev–Trinajstić information content (AvgIpc) is 3.11. The number of carbonyl (C=O) groups excluding carboxylic acids is 1. The molecule has 8 heteroatoms. The van der Waals surface area contributed by atoms with Gasteiger partial charge in [-0.15, -0.1) is 0 Å². The summed E-state index contributed by atoms with van der Waals surface area (Å²) in [5.41, 5.74) is 1.11. The van der Waals surface area contributed by atoms with Crippen molar-refractivity contribution in [3.05, 3.63) is 46.4 Å². The first-order valence-corrected chi connectivity index (χ1v) is 8.83. The molecule has 2 aromatic heterocycles. The van der Waals surface area contributed by atoms with Crippen molar-refractivity contribution in [2.45, 2.75) is 26.2 Å². The Morgan fingerprint density at radius 2 is 2.23 bits per heavy atom. The highest BCUT2D eigenvalue weighted by Crippen LogP contribution is 2.21. The van der Waals surface area contributed by atoms with Gasteiger partial charge in [-0.05, 0) is 18.4 Å². The summed E-state index contributed by atoms with van der Waals surface area (Å²) in [4.78, 5) is 34.7. The molecule has 0 spiro atoms. The molecule has 8 nitrogen and oxygen atoms in total. The molecule has 26 heavy (non-hydrogen) atoms. The molecule has 0 radical (unpaired) electrons. The Labute approximate surface area is 152 Å². The predicted molar refractivity (Wildman–Crippen MR) is 98.3 cm³/mol. The van der Waals surface area contributed by atoms with Gasteiger partial charge in [0.2, 0.25) is 0 Å². The molecule has 138 valence electrons. The molecular weight excluding hydrogens is 332 g/mol. The van der Waals surface area contributed by atoms with Crippen LogP contribution in [-0.4, -0.2) is 45.3 Å². The lowest BCUT2D eigenvalue weighted by molar-refractivity contribution is 0.0942. The maximum Gasteiger partial charge on any atom is 0.270 e. The number of amides is 1. The molecule has 1 aliphatic rings. The van der Waals surface area contributed by atoms with Crippen LogP contribution in [0.1, 0.15) is 42.5 Å². The molecule has 3 rings (SSSR count). The lowest BCUT2D eigenvalue weighted by atomic mass is 10.1. The third kappa shape index (κ3) is 4.07. The van der Waals surface area contributed by atoms with Crippen molar-refractivity contribution in [1.82, 2.24) is 25.1 Å². The molecule has 0 aromatic carbocycles. The number of anilines is 1. The molecule has 0 unspecified atom stereocenters. The van der Waals surface area contributed by atoms with Crippen molar-refractivity contribution in [1.29, 1.82) is 0 Å². The van der Waals surface area contributed by atoms with E-state index in [4.69, 9.17) is 0 Å². The predicted octanol–water partition coefficient (Wildman–Crippen LogP) is 0.950. The maximum atomic E-state index is 12.3. The number of rotatable bonds is 5. The topological polar surface area (TPSA) is 93.0 Å². The Morgan fingerprint density at radius 3 is 2.96 bits per heavy atom. The monoisotopic (exact) mass is 356 g/mol. The smallest absolute Gasteiger partial charge is 0.270 e. The number of nitrogens with zero attached hydrogens (tertiary/aromatic N) is 5. The fourth-order valence-corrected chi connectivity index (χ4v) is 2.97. The average molecular weight is 356 g/mol. The molecule has 3 heterocycles. The first kappa shape index (κ1) is 18.0. The summed E-state index contributed by atoms with van der Waals surface area (Å²) in [7, 11) is 1.63. The lowest BCUT2D eigenvalue weighted by Crippen LogP contribution is -2.32. The van der Waals surface area contributed by atoms with Gasteiger partial charge >= 0.3 is 0 Å². The summed E-state index contributed by atoms with van der Waals surface area (Å²) >= 11 is 0. The van der Waals surface area contributed by atoms with E-state index in [2.05, 4.69) is 25.3 Å². The van der Waals surface area contributed by atoms with Gasteiger partial charge in [-0.3, -0.25) is 9.59 Å². The van der Waals surface area contributed by atoms with Crippen LogP contribution in [0.4, 0.5) is 5.69 Å². The van der Waals surface area contributed by atoms with Gasteiger partial charge in [0.05, 0.1) is 11.9 Å². The molecule has 1 saturated heterocycles. The van der Waals surface area contributed by atoms with Gasteiger partial charge in [0, 0.05) is 44.9 Å². The first-order chi connectivity index (χ1) is 12.4. The van der Waals surface area contributed by atoms with Crippen molar-refractivity contribution < 1.29 is 4.79 Å². The molecule has 1 amide bonds. The van der Waals surface area contributed by atoms with Crippen molar-refractivity contribution in [2.75, 3.05) is 24.5 Å². The second-order valence-corrected chi connectivity index (χ2v) is 6.94. The fourth-order valence-electron chi connectivity index (χ4n) is 2.97. The van der Waals surface area contributed by atoms with E-state index in [-0.39, 0.29) is 17.4 Å². The first-order valence-electron chi connectivity index (χ1n) is 8.83. The molecule has 1 aliphatic heterocycles. The van der Waals surface area contributed by atoms with Gasteiger partial charge in [-0.2, -0.15) is 5.10 Å². The summed E-state index contributed by atoms with van der Waals surface area (Å²) in [6, 6.07) is 3.23. The number of hydrogen-bond donors (Lipinski definition) is 1. The van der Waals surface area contributed by atoms with E-state index in [1.54, 1.807) is 31.6 Å². The minimum atomic E-state index is -0.178. The van der Waals surface area contributed by atoms with E-state index >= 15 is 0 Å². The number of nitrogens with one attached hydrogen (secondary N) is 1. The van der Waals surface area contributed by atoms with E-state index in [9.17, 15) is 9.59 Å². The summed E-state index contributed by atoms with van der Waals surface area (Å²) in [6.07, 6.45) is 4.28. The quantitative estimate of drug-likeness (QED) is 0.857. The molecule has 0 saturated carbocycles. The molecule has 0 aliphatic carbocycles. The molecule has 1 fully saturated rings. The van der Waals surface area contributed by atoms with Crippen molar-refractivity contribution in [3.63, 3.8) is 0 Å². The Hall–Kier alpha value is -2.77. The second-order valence-electron chi connectivity index (χ2n) is 6.94. The number of hydrogen-bond acceptors (Lipinski definition) is 6. The molecular formula is C18H24N6O2. The van der Waals surface area contributed by atoms with E-state index in [0.29, 0.717) is 24.0 Å². The zero-order valence-corrected chi connectivity index (χ0v) is 15.3. The molecule has 0 bridgehead atoms. The third-order valence-electron chi connectivity index (χ3n) is 4.58. The van der Waals surface area contributed by atoms with Crippen LogP contribution in [0.5, 0.6) is 0 Å². The summed E-state index contributed by atoms with van der Waals surface area (Å²) in [5.74, 6) is 0.999. The van der Waals surface area contributed by atoms with E-state index in [1.807, 2.05) is 13.8 Å². The summed E-state index contributed by atoms with van der Waals surface area (Å²) in [5, 5.41) is 7.03. The van der Waals surface area contributed by atoms with Gasteiger partial charge in [0.25, 0.3) is 11.5 Å². The van der Waals surface area contributed by atoms with Crippen molar-refractivity contribution >= 4 is 11.6 Å². The number of aryl methyl sites for hydroxylation is 1. The van der Waals surface area contributed by atoms with Crippen LogP contribution in [0.2, 0.25) is 0 Å². The van der Waals surface area contributed by atoms with E-state index in [0.717, 1.165) is 25.2 Å². The SMILES string of the molecule is CC(C)c1nccc(C(=O)NC[C@H]2CCN(c3cnn(C)c(=O)c3)C2)n1. The van der Waals surface area contributed by atoms with Crippen LogP contribution in [0.25, 0.3) is 0 Å². The Bertz CT molecular complexity index is 848. The zero-order valence-electron chi connectivity index (χ0n) is 15.3. The second kappa shape index (κ2) is 7.63. The highest BCUT2D eigenvalue weighted by Gasteiger charge is 2.24. The highest BCUT2D eigenvalue weighted by atomic mass is 16.2. The van der Waals surface area contributed by atoms with Crippen LogP contribution in [0.3, 0.4) is 0 Å². The third-order valence-corrected chi connectivity index (χ3v) is 4.58. The van der Waals surface area contributed by atoms with Gasteiger partial charge in [-0.1, -0.05) is 13.8 Å². The summed E-state index contributed by atoms with van der Waals surface area (Å²) in [6.45, 7) is 6.21. The molecule has 1 N–H and O–H groups in total. The van der Waals surface area contributed by atoms with Crippen LogP contribution < -0.4 is 15.8 Å². The van der Waals surface area contributed by atoms with Gasteiger partial charge in [0.1, 0.15) is 11.5 Å². The Morgan fingerprint density at radius 1 is 1.42 bits per heavy atom. The van der Waals surface area contributed by atoms with Gasteiger partial charge in [0.15, 0.2) is 0 Å². The standard InChI is InChI=1S/C18H24N6O2/c1-12(2)17-19-6-4-15(22-17)18(26)20-9-13-5-7-24(11-13)14-8-16(25)23(3)21-10-14/h4,6,8,10,12-13H,5,7,9,11H2,1-3H3,(H,20,26)/t13-/m1/s1. The molecule has 2 aromatic rings. The number of aromatic nitrogens is 4. The maximum absolute atomic E-state index is 12.3. The lowest BCUT2D eigenvalue weighted by Gasteiger charge is -2.18. The van der Waals surface area contributed by atoms with E-state index in [1.165, 1.54) is 4.68 Å². The van der Waals surface area contributed by atoms with E-state index < -0.39 is 0 Å². The largest absolute Gasteiger partial charge is 0.370 e. The Balaban J connectivity index is 1.56. The minimum absolute atomic E-state index is 0.121. The molecule has 1 atom stereocenters.